The van der Waals surface area contributed by atoms with E-state index in [9.17, 15) is 9.59 Å². The highest BCUT2D eigenvalue weighted by Crippen LogP contribution is 2.32. The Morgan fingerprint density at radius 1 is 1.35 bits per heavy atom. The van der Waals surface area contributed by atoms with Crippen molar-refractivity contribution in [3.63, 3.8) is 0 Å². The average Bonchev–Trinajstić information content (AvgIpc) is 2.66. The van der Waals surface area contributed by atoms with Gasteiger partial charge in [-0.25, -0.2) is 0 Å². The minimum Gasteiger partial charge on any atom is -0.385 e. The van der Waals surface area contributed by atoms with Gasteiger partial charge in [0.25, 0.3) is 11.1 Å². The van der Waals surface area contributed by atoms with Crippen LogP contribution in [-0.2, 0) is 9.53 Å². The molecule has 0 spiro atoms. The monoisotopic (exact) mass is 291 g/mol. The Kier molecular flexibility index (Phi) is 4.98. The zero-order chi connectivity index (χ0) is 14.5. The normalized spacial score (nSPS) is 17.3. The number of aryl methyl sites for hydroxylation is 1. The van der Waals surface area contributed by atoms with E-state index < -0.39 is 0 Å². The van der Waals surface area contributed by atoms with Gasteiger partial charge in [0.15, 0.2) is 0 Å². The molecule has 1 saturated heterocycles. The maximum Gasteiger partial charge on any atom is 0.293 e. The lowest BCUT2D eigenvalue weighted by Gasteiger charge is -2.11. The molecule has 1 aliphatic rings. The highest BCUT2D eigenvalue weighted by Gasteiger charge is 2.34. The van der Waals surface area contributed by atoms with Crippen LogP contribution in [0.2, 0.25) is 0 Å². The number of carbonyl (C=O) groups excluding carboxylic acids is 2. The first-order valence-corrected chi connectivity index (χ1v) is 7.24. The summed E-state index contributed by atoms with van der Waals surface area (Å²) in [5, 5.41) is -0.204. The van der Waals surface area contributed by atoms with Gasteiger partial charge < -0.3 is 4.74 Å². The Hall–Kier alpha value is -1.59. The standard InChI is InChI=1S/C15H17NO3S/c1-11-5-3-6-12(9-11)10-13-14(17)16(15(18)20-13)7-4-8-19-2/h3,5-6,9-10H,4,7-8H2,1-2H3/b13-10+. The van der Waals surface area contributed by atoms with Crippen LogP contribution in [0.15, 0.2) is 29.2 Å². The van der Waals surface area contributed by atoms with Crippen molar-refractivity contribution in [3.8, 4) is 0 Å². The van der Waals surface area contributed by atoms with Crippen molar-refractivity contribution in [2.45, 2.75) is 13.3 Å². The summed E-state index contributed by atoms with van der Waals surface area (Å²) in [5.74, 6) is -0.211. The molecule has 1 aromatic carbocycles. The summed E-state index contributed by atoms with van der Waals surface area (Å²) < 4.78 is 4.94. The molecule has 5 heteroatoms. The molecule has 1 aromatic rings. The third-order valence-corrected chi connectivity index (χ3v) is 3.85. The minimum absolute atomic E-state index is 0.204. The van der Waals surface area contributed by atoms with Crippen LogP contribution in [0.3, 0.4) is 0 Å². The van der Waals surface area contributed by atoms with Gasteiger partial charge in [-0.1, -0.05) is 29.8 Å². The molecular weight excluding hydrogens is 274 g/mol. The van der Waals surface area contributed by atoms with Gasteiger partial charge >= 0.3 is 0 Å². The molecule has 1 heterocycles. The van der Waals surface area contributed by atoms with Gasteiger partial charge in [0.2, 0.25) is 0 Å². The SMILES string of the molecule is COCCCN1C(=O)S/C(=C/c2cccc(C)c2)C1=O. The molecule has 0 N–H and O–H groups in total. The van der Waals surface area contributed by atoms with Crippen LogP contribution < -0.4 is 0 Å². The maximum absolute atomic E-state index is 12.2. The van der Waals surface area contributed by atoms with Crippen molar-refractivity contribution < 1.29 is 14.3 Å². The Balaban J connectivity index is 2.11. The fraction of sp³-hybridized carbons (Fsp3) is 0.333. The molecule has 0 atom stereocenters. The molecule has 0 aliphatic carbocycles. The van der Waals surface area contributed by atoms with Gasteiger partial charge in [0.1, 0.15) is 0 Å². The van der Waals surface area contributed by atoms with Gasteiger partial charge in [0, 0.05) is 20.3 Å². The maximum atomic E-state index is 12.2. The topological polar surface area (TPSA) is 46.6 Å². The molecule has 0 radical (unpaired) electrons. The number of imide groups is 1. The number of hydrogen-bond donors (Lipinski definition) is 0. The smallest absolute Gasteiger partial charge is 0.293 e. The van der Waals surface area contributed by atoms with E-state index in [1.54, 1.807) is 13.2 Å². The number of ether oxygens (including phenoxy) is 1. The second kappa shape index (κ2) is 6.72. The third kappa shape index (κ3) is 3.49. The lowest BCUT2D eigenvalue weighted by Crippen LogP contribution is -2.29. The van der Waals surface area contributed by atoms with Gasteiger partial charge in [-0.05, 0) is 36.7 Å². The summed E-state index contributed by atoms with van der Waals surface area (Å²) in [5.41, 5.74) is 2.06. The molecule has 20 heavy (non-hydrogen) atoms. The van der Waals surface area contributed by atoms with Crippen LogP contribution in [-0.4, -0.2) is 36.3 Å². The van der Waals surface area contributed by atoms with Gasteiger partial charge in [-0.2, -0.15) is 0 Å². The Morgan fingerprint density at radius 3 is 2.85 bits per heavy atom. The zero-order valence-electron chi connectivity index (χ0n) is 11.6. The number of amides is 2. The first-order valence-electron chi connectivity index (χ1n) is 6.43. The summed E-state index contributed by atoms with van der Waals surface area (Å²) in [4.78, 5) is 25.8. The Bertz CT molecular complexity index is 554. The number of hydrogen-bond acceptors (Lipinski definition) is 4. The lowest BCUT2D eigenvalue weighted by atomic mass is 10.1. The highest BCUT2D eigenvalue weighted by atomic mass is 32.2. The van der Waals surface area contributed by atoms with E-state index in [0.29, 0.717) is 24.5 Å². The van der Waals surface area contributed by atoms with Crippen molar-refractivity contribution in [3.05, 3.63) is 40.3 Å². The third-order valence-electron chi connectivity index (χ3n) is 2.94. The molecular formula is C15H17NO3S. The van der Waals surface area contributed by atoms with Crippen molar-refractivity contribution in [2.75, 3.05) is 20.3 Å². The quantitative estimate of drug-likeness (QED) is 0.618. The van der Waals surface area contributed by atoms with Crippen LogP contribution >= 0.6 is 11.8 Å². The second-order valence-corrected chi connectivity index (χ2v) is 5.59. The number of rotatable bonds is 5. The van der Waals surface area contributed by atoms with E-state index in [0.717, 1.165) is 22.9 Å². The van der Waals surface area contributed by atoms with E-state index in [1.807, 2.05) is 31.2 Å². The first kappa shape index (κ1) is 14.8. The van der Waals surface area contributed by atoms with E-state index in [4.69, 9.17) is 4.74 Å². The van der Waals surface area contributed by atoms with Gasteiger partial charge in [-0.15, -0.1) is 0 Å². The van der Waals surface area contributed by atoms with Gasteiger partial charge in [-0.3, -0.25) is 14.5 Å². The molecule has 1 aliphatic heterocycles. The molecule has 0 unspecified atom stereocenters. The van der Waals surface area contributed by atoms with Crippen molar-refractivity contribution >= 4 is 29.0 Å². The average molecular weight is 291 g/mol. The number of benzene rings is 1. The van der Waals surface area contributed by atoms with Crippen LogP contribution in [0.4, 0.5) is 4.79 Å². The van der Waals surface area contributed by atoms with E-state index in [-0.39, 0.29) is 11.1 Å². The van der Waals surface area contributed by atoms with Crippen molar-refractivity contribution in [1.82, 2.24) is 4.90 Å². The summed E-state index contributed by atoms with van der Waals surface area (Å²) >= 11 is 0.998. The second-order valence-electron chi connectivity index (χ2n) is 4.59. The fourth-order valence-corrected chi connectivity index (χ4v) is 2.84. The number of thioether (sulfide) groups is 1. The van der Waals surface area contributed by atoms with E-state index >= 15 is 0 Å². The summed E-state index contributed by atoms with van der Waals surface area (Å²) in [6, 6.07) is 7.84. The lowest BCUT2D eigenvalue weighted by molar-refractivity contribution is -0.122. The largest absolute Gasteiger partial charge is 0.385 e. The predicted octanol–water partition coefficient (Wildman–Crippen LogP) is 3.07. The molecule has 106 valence electrons. The zero-order valence-corrected chi connectivity index (χ0v) is 12.4. The summed E-state index contributed by atoms with van der Waals surface area (Å²) in [6.45, 7) is 2.94. The fourth-order valence-electron chi connectivity index (χ4n) is 1.97. The van der Waals surface area contributed by atoms with Crippen molar-refractivity contribution in [2.24, 2.45) is 0 Å². The highest BCUT2D eigenvalue weighted by molar-refractivity contribution is 8.18. The molecule has 1 fully saturated rings. The first-order chi connectivity index (χ1) is 9.61. The molecule has 4 nitrogen and oxygen atoms in total. The summed E-state index contributed by atoms with van der Waals surface area (Å²) in [6.07, 6.45) is 2.43. The predicted molar refractivity (Wildman–Crippen MR) is 80.3 cm³/mol. The number of carbonyl (C=O) groups is 2. The molecule has 0 bridgehead atoms. The molecule has 0 aromatic heterocycles. The van der Waals surface area contributed by atoms with Crippen LogP contribution in [0, 0.1) is 6.92 Å². The Labute approximate surface area is 122 Å². The van der Waals surface area contributed by atoms with E-state index in [2.05, 4.69) is 0 Å². The number of nitrogens with zero attached hydrogens (tertiary/aromatic N) is 1. The van der Waals surface area contributed by atoms with Gasteiger partial charge in [0.05, 0.1) is 4.91 Å². The van der Waals surface area contributed by atoms with E-state index in [1.165, 1.54) is 4.90 Å². The van der Waals surface area contributed by atoms with Crippen LogP contribution in [0.5, 0.6) is 0 Å². The van der Waals surface area contributed by atoms with Crippen molar-refractivity contribution in [1.29, 1.82) is 0 Å². The Morgan fingerprint density at radius 2 is 2.15 bits per heavy atom. The molecule has 2 amide bonds. The minimum atomic E-state index is -0.211. The number of methoxy groups -OCH3 is 1. The van der Waals surface area contributed by atoms with Crippen LogP contribution in [0.25, 0.3) is 6.08 Å². The summed E-state index contributed by atoms with van der Waals surface area (Å²) in [7, 11) is 1.60. The van der Waals surface area contributed by atoms with Crippen LogP contribution in [0.1, 0.15) is 17.5 Å². The molecule has 2 rings (SSSR count). The molecule has 0 saturated carbocycles.